The summed E-state index contributed by atoms with van der Waals surface area (Å²) < 4.78 is 32.8. The van der Waals surface area contributed by atoms with Crippen molar-refractivity contribution < 1.29 is 37.6 Å². The van der Waals surface area contributed by atoms with Gasteiger partial charge in [-0.3, -0.25) is 18.6 Å². The molecule has 9 nitrogen and oxygen atoms in total. The summed E-state index contributed by atoms with van der Waals surface area (Å²) in [5, 5.41) is 0. The summed E-state index contributed by atoms with van der Waals surface area (Å²) >= 11 is 0. The van der Waals surface area contributed by atoms with Gasteiger partial charge in [0.05, 0.1) is 13.2 Å². The Kier molecular flexibility index (Phi) is 44.3. The Morgan fingerprint density at radius 2 is 0.879 bits per heavy atom. The third-order valence-electron chi connectivity index (χ3n) is 10.9. The van der Waals surface area contributed by atoms with Crippen LogP contribution in [0.4, 0.5) is 0 Å². The second-order valence-corrected chi connectivity index (χ2v) is 18.1. The van der Waals surface area contributed by atoms with Gasteiger partial charge in [-0.15, -0.1) is 0 Å². The van der Waals surface area contributed by atoms with Crippen LogP contribution in [0, 0.1) is 0 Å². The molecule has 58 heavy (non-hydrogen) atoms. The van der Waals surface area contributed by atoms with Crippen molar-refractivity contribution in [1.82, 2.24) is 0 Å². The number of esters is 2. The minimum absolute atomic E-state index is 0.0528. The average molecular weight is 844 g/mol. The summed E-state index contributed by atoms with van der Waals surface area (Å²) in [7, 11) is -4.38. The van der Waals surface area contributed by atoms with Gasteiger partial charge in [0.2, 0.25) is 0 Å². The number of phosphoric ester groups is 1. The zero-order chi connectivity index (χ0) is 42.5. The maximum Gasteiger partial charge on any atom is 0.472 e. The summed E-state index contributed by atoms with van der Waals surface area (Å²) in [4.78, 5) is 34.9. The predicted molar refractivity (Wildman–Crippen MR) is 243 cm³/mol. The summed E-state index contributed by atoms with van der Waals surface area (Å²) in [6.07, 6.45) is 48.4. The number of ether oxygens (including phenoxy) is 2. The monoisotopic (exact) mass is 844 g/mol. The van der Waals surface area contributed by atoms with Gasteiger partial charge < -0.3 is 20.1 Å². The lowest BCUT2D eigenvalue weighted by Gasteiger charge is -2.19. The van der Waals surface area contributed by atoms with Crippen LogP contribution in [0.5, 0.6) is 0 Å². The van der Waals surface area contributed by atoms with Crippen molar-refractivity contribution in [3.63, 3.8) is 0 Å². The van der Waals surface area contributed by atoms with Crippen molar-refractivity contribution in [1.29, 1.82) is 0 Å². The number of rotatable bonds is 47. The van der Waals surface area contributed by atoms with Crippen LogP contribution in [0.25, 0.3) is 0 Å². The molecule has 0 radical (unpaired) electrons. The molecule has 0 fully saturated rings. The molecule has 0 aliphatic carbocycles. The van der Waals surface area contributed by atoms with Gasteiger partial charge in [0, 0.05) is 19.4 Å². The molecule has 2 atom stereocenters. The Bertz CT molecular complexity index is 964. The zero-order valence-electron chi connectivity index (χ0n) is 38.1. The van der Waals surface area contributed by atoms with Crippen LogP contribution in [-0.4, -0.2) is 49.3 Å². The Morgan fingerprint density at radius 3 is 1.29 bits per heavy atom. The highest BCUT2D eigenvalue weighted by atomic mass is 31.2. The van der Waals surface area contributed by atoms with Gasteiger partial charge in [-0.1, -0.05) is 225 Å². The van der Waals surface area contributed by atoms with Crippen LogP contribution < -0.4 is 5.73 Å². The molecule has 0 aromatic rings. The van der Waals surface area contributed by atoms with E-state index < -0.39 is 32.5 Å². The van der Waals surface area contributed by atoms with E-state index in [4.69, 9.17) is 24.3 Å². The van der Waals surface area contributed by atoms with Crippen LogP contribution in [0.3, 0.4) is 0 Å². The Morgan fingerprint density at radius 1 is 0.500 bits per heavy atom. The third-order valence-corrected chi connectivity index (χ3v) is 11.9. The van der Waals surface area contributed by atoms with Crippen molar-refractivity contribution in [3.05, 3.63) is 12.2 Å². The maximum atomic E-state index is 12.6. The largest absolute Gasteiger partial charge is 0.472 e. The fourth-order valence-electron chi connectivity index (χ4n) is 7.24. The molecule has 0 rings (SSSR count). The van der Waals surface area contributed by atoms with Crippen molar-refractivity contribution in [2.75, 3.05) is 26.4 Å². The fraction of sp³-hybridized carbons (Fsp3) is 0.917. The first-order valence-corrected chi connectivity index (χ1v) is 26.2. The first kappa shape index (κ1) is 56.8. The first-order chi connectivity index (χ1) is 28.3. The standard InChI is InChI=1S/C48H94NO8P/c1-3-5-7-9-11-13-15-17-19-20-21-22-23-24-25-27-29-31-33-35-37-39-41-48(51)57-46(45-56-58(52,53)55-43-42-49)44-54-47(50)40-38-36-34-32-30-28-26-18-16-14-12-10-8-6-4-2/h34,36,46H,3-33,35,37-45,49H2,1-2H3,(H,52,53)/b36-34+/t46-/m1/s1. The van der Waals surface area contributed by atoms with E-state index in [9.17, 15) is 19.0 Å². The normalized spacial score (nSPS) is 13.2. The zero-order valence-corrected chi connectivity index (χ0v) is 38.9. The van der Waals surface area contributed by atoms with E-state index in [-0.39, 0.29) is 32.6 Å². The maximum absolute atomic E-state index is 12.6. The molecule has 0 aromatic carbocycles. The van der Waals surface area contributed by atoms with Crippen LogP contribution in [0.1, 0.15) is 251 Å². The highest BCUT2D eigenvalue weighted by molar-refractivity contribution is 7.47. The number of nitrogens with two attached hydrogens (primary N) is 1. The number of hydrogen-bond acceptors (Lipinski definition) is 8. The summed E-state index contributed by atoms with van der Waals surface area (Å²) in [6, 6.07) is 0. The van der Waals surface area contributed by atoms with Crippen LogP contribution >= 0.6 is 7.82 Å². The quantitative estimate of drug-likeness (QED) is 0.0266. The van der Waals surface area contributed by atoms with E-state index in [1.54, 1.807) is 0 Å². The van der Waals surface area contributed by atoms with Gasteiger partial charge >= 0.3 is 19.8 Å². The third kappa shape index (κ3) is 44.3. The minimum atomic E-state index is -4.38. The molecular formula is C48H94NO8P. The lowest BCUT2D eigenvalue weighted by Crippen LogP contribution is -2.29. The van der Waals surface area contributed by atoms with Crippen LogP contribution in [-0.2, 0) is 32.7 Å². The van der Waals surface area contributed by atoms with Crippen molar-refractivity contribution in [2.45, 2.75) is 258 Å². The van der Waals surface area contributed by atoms with Gasteiger partial charge in [0.25, 0.3) is 0 Å². The van der Waals surface area contributed by atoms with E-state index in [0.717, 1.165) is 25.7 Å². The van der Waals surface area contributed by atoms with Crippen molar-refractivity contribution in [2.24, 2.45) is 5.73 Å². The lowest BCUT2D eigenvalue weighted by molar-refractivity contribution is -0.161. The molecular weight excluding hydrogens is 750 g/mol. The number of carbonyl (C=O) groups excluding carboxylic acids is 2. The molecule has 0 aliphatic rings. The number of phosphoric acid groups is 1. The lowest BCUT2D eigenvalue weighted by atomic mass is 10.0. The Labute approximate surface area is 358 Å². The molecule has 0 saturated heterocycles. The van der Waals surface area contributed by atoms with Gasteiger partial charge in [-0.05, 0) is 25.7 Å². The van der Waals surface area contributed by atoms with Crippen molar-refractivity contribution >= 4 is 19.8 Å². The summed E-state index contributed by atoms with van der Waals surface area (Å²) in [6.45, 7) is 3.74. The van der Waals surface area contributed by atoms with Crippen molar-refractivity contribution in [3.8, 4) is 0 Å². The second kappa shape index (κ2) is 45.3. The molecule has 0 spiro atoms. The average Bonchev–Trinajstić information content (AvgIpc) is 3.21. The van der Waals surface area contributed by atoms with E-state index in [1.165, 1.54) is 186 Å². The molecule has 3 N–H and O–H groups in total. The van der Waals surface area contributed by atoms with Crippen LogP contribution in [0.2, 0.25) is 0 Å². The molecule has 344 valence electrons. The molecule has 1 unspecified atom stereocenters. The highest BCUT2D eigenvalue weighted by Gasteiger charge is 2.26. The second-order valence-electron chi connectivity index (χ2n) is 16.7. The summed E-state index contributed by atoms with van der Waals surface area (Å²) in [5.74, 6) is -0.870. The van der Waals surface area contributed by atoms with Gasteiger partial charge in [0.1, 0.15) is 6.61 Å². The van der Waals surface area contributed by atoms with E-state index in [2.05, 4.69) is 19.9 Å². The molecule has 0 saturated carbocycles. The van der Waals surface area contributed by atoms with E-state index in [1.807, 2.05) is 6.08 Å². The molecule has 0 bridgehead atoms. The molecule has 0 heterocycles. The number of unbranched alkanes of at least 4 members (excludes halogenated alkanes) is 32. The summed E-state index contributed by atoms with van der Waals surface area (Å²) in [5.41, 5.74) is 5.36. The Hall–Kier alpha value is -1.25. The molecule has 10 heteroatoms. The number of allylic oxidation sites excluding steroid dienone is 2. The van der Waals surface area contributed by atoms with Gasteiger partial charge in [-0.2, -0.15) is 0 Å². The predicted octanol–water partition coefficient (Wildman–Crippen LogP) is 14.6. The van der Waals surface area contributed by atoms with Gasteiger partial charge in [0.15, 0.2) is 6.10 Å². The molecule has 0 aliphatic heterocycles. The van der Waals surface area contributed by atoms with Crippen LogP contribution in [0.15, 0.2) is 12.2 Å². The number of hydrogen-bond donors (Lipinski definition) is 2. The van der Waals surface area contributed by atoms with Gasteiger partial charge in [-0.25, -0.2) is 4.57 Å². The molecule has 0 amide bonds. The highest BCUT2D eigenvalue weighted by Crippen LogP contribution is 2.43. The van der Waals surface area contributed by atoms with E-state index in [0.29, 0.717) is 12.8 Å². The fourth-order valence-corrected chi connectivity index (χ4v) is 8.01. The smallest absolute Gasteiger partial charge is 0.462 e. The Balaban J connectivity index is 4.03. The molecule has 0 aromatic heterocycles. The minimum Gasteiger partial charge on any atom is -0.462 e. The first-order valence-electron chi connectivity index (χ1n) is 24.7. The topological polar surface area (TPSA) is 134 Å². The number of carbonyl (C=O) groups is 2. The SMILES string of the molecule is CCCCCCCCCCCCC/C=C/CCC(=O)OC[C@H](COP(=O)(O)OCCN)OC(=O)CCCCCCCCCCCCCCCCCCCCCCCC. The van der Waals surface area contributed by atoms with E-state index >= 15 is 0 Å².